The molecule has 0 radical (unpaired) electrons. The molecule has 0 aliphatic carbocycles. The molecule has 22 heteroatoms. The van der Waals surface area contributed by atoms with Crippen molar-refractivity contribution in [3.05, 3.63) is 0 Å². The number of hydrogen-bond donors (Lipinski definition) is 0. The van der Waals surface area contributed by atoms with E-state index < -0.39 is 23.5 Å². The van der Waals surface area contributed by atoms with Gasteiger partial charge >= 0.3 is 69.4 Å². The van der Waals surface area contributed by atoms with Crippen LogP contribution in [0.4, 0.5) is 0 Å². The topological polar surface area (TPSA) is 349 Å². The summed E-state index contributed by atoms with van der Waals surface area (Å²) < 4.78 is 25.6. The van der Waals surface area contributed by atoms with Gasteiger partial charge in [-0.25, -0.2) is 0 Å². The molecule has 0 unspecified atom stereocenters. The maximum Gasteiger partial charge on any atom is 3.00 e. The van der Waals surface area contributed by atoms with E-state index in [4.69, 9.17) is 57.7 Å². The van der Waals surface area contributed by atoms with E-state index in [0.29, 0.717) is 0 Å². The summed E-state index contributed by atoms with van der Waals surface area (Å²) in [6.45, 7) is 0. The number of rotatable bonds is 0. The van der Waals surface area contributed by atoms with Crippen molar-refractivity contribution < 1.29 is 74.2 Å². The molecular formula is H3Al4O15P3. The van der Waals surface area contributed by atoms with Crippen LogP contribution in [0.15, 0.2) is 0 Å². The van der Waals surface area contributed by atoms with E-state index >= 15 is 0 Å². The normalized spacial score (nSPS) is 8.05. The molecule has 0 spiro atoms. The number of hydrogen-bond acceptors (Lipinski definition) is 15. The fourth-order valence-electron chi connectivity index (χ4n) is 0. The van der Waals surface area contributed by atoms with Gasteiger partial charge in [0.1, 0.15) is 0 Å². The SMILES string of the molecule is O=P([O-])([O-])[O-].O=P([O-])([O-])[O-].O=P([O-])([O-])[O-].[Al+3].[Al+3].[Al+3].[Al+3].[OH-].[OH-].[OH-]. The van der Waals surface area contributed by atoms with E-state index in [2.05, 4.69) is 0 Å². The van der Waals surface area contributed by atoms with Crippen LogP contribution in [0, 0.1) is 0 Å². The van der Waals surface area contributed by atoms with Crippen molar-refractivity contribution in [3.63, 3.8) is 0 Å². The minimum atomic E-state index is -5.39. The van der Waals surface area contributed by atoms with Crippen molar-refractivity contribution in [1.82, 2.24) is 0 Å². The third-order valence-corrected chi connectivity index (χ3v) is 0. The van der Waals surface area contributed by atoms with Gasteiger partial charge in [-0.1, -0.05) is 0 Å². The molecule has 0 aromatic carbocycles. The summed E-state index contributed by atoms with van der Waals surface area (Å²) in [6.07, 6.45) is 0. The largest absolute Gasteiger partial charge is 3.00 e. The zero-order valence-electron chi connectivity index (χ0n) is 9.89. The van der Waals surface area contributed by atoms with E-state index in [1.165, 1.54) is 0 Å². The van der Waals surface area contributed by atoms with Crippen LogP contribution in [0.2, 0.25) is 0 Å². The summed E-state index contributed by atoms with van der Waals surface area (Å²) in [5.41, 5.74) is 0. The van der Waals surface area contributed by atoms with Gasteiger partial charge in [-0.3, -0.25) is 0 Å². The van der Waals surface area contributed by atoms with Crippen molar-refractivity contribution in [2.24, 2.45) is 0 Å². The van der Waals surface area contributed by atoms with Gasteiger partial charge in [0.15, 0.2) is 0 Å². The molecule has 0 amide bonds. The Morgan fingerprint density at radius 3 is 0.364 bits per heavy atom. The van der Waals surface area contributed by atoms with Gasteiger partial charge in [0.2, 0.25) is 0 Å². The molecule has 0 aliphatic heterocycles. The fourth-order valence-corrected chi connectivity index (χ4v) is 0. The summed E-state index contributed by atoms with van der Waals surface area (Å²) in [7, 11) is -16.2. The third kappa shape index (κ3) is 1860. The zero-order valence-corrected chi connectivity index (χ0v) is 17.2. The number of phosphoric acid groups is 3. The molecule has 0 aromatic heterocycles. The molecule has 120 valence electrons. The third-order valence-electron chi connectivity index (χ3n) is 0. The van der Waals surface area contributed by atoms with E-state index in [-0.39, 0.29) is 85.9 Å². The summed E-state index contributed by atoms with van der Waals surface area (Å²) in [5.74, 6) is 0. The summed E-state index contributed by atoms with van der Waals surface area (Å²) >= 11 is 0. The molecule has 0 bridgehead atoms. The molecule has 0 rings (SSSR count). The Hall–Kier alpha value is 2.34. The summed E-state index contributed by atoms with van der Waals surface area (Å²) in [4.78, 5) is 76.9. The second-order valence-corrected chi connectivity index (χ2v) is 4.02. The fraction of sp³-hybridized carbons (Fsp3) is 0. The molecule has 0 atom stereocenters. The molecule has 0 saturated carbocycles. The van der Waals surface area contributed by atoms with Crippen molar-refractivity contribution in [2.75, 3.05) is 0 Å². The summed E-state index contributed by atoms with van der Waals surface area (Å²) in [6, 6.07) is 0. The summed E-state index contributed by atoms with van der Waals surface area (Å²) in [5, 5.41) is 0. The van der Waals surface area contributed by atoms with Gasteiger partial charge in [-0.05, 0) is 0 Å². The smallest absolute Gasteiger partial charge is 0.870 e. The van der Waals surface area contributed by atoms with Crippen molar-refractivity contribution in [3.8, 4) is 0 Å². The van der Waals surface area contributed by atoms with Crippen LogP contribution in [0.1, 0.15) is 0 Å². The predicted molar refractivity (Wildman–Crippen MR) is 51.6 cm³/mol. The molecule has 3 N–H and O–H groups in total. The van der Waals surface area contributed by atoms with E-state index in [9.17, 15) is 0 Å². The maximum atomic E-state index is 8.55. The minimum Gasteiger partial charge on any atom is -0.870 e. The Bertz CT molecular complexity index is 213. The van der Waals surface area contributed by atoms with Crippen LogP contribution in [0.3, 0.4) is 0 Å². The molecule has 22 heavy (non-hydrogen) atoms. The Morgan fingerprint density at radius 1 is 0.364 bits per heavy atom. The Balaban J connectivity index is -0.0000000106. The van der Waals surface area contributed by atoms with Crippen LogP contribution in [0.5, 0.6) is 0 Å². The predicted octanol–water partition coefficient (Wildman–Crippen LogP) is -10.5. The van der Waals surface area contributed by atoms with E-state index in [1.54, 1.807) is 0 Å². The second kappa shape index (κ2) is 28.2. The van der Waals surface area contributed by atoms with Crippen LogP contribution in [-0.2, 0) is 13.7 Å². The first-order valence-electron chi connectivity index (χ1n) is 2.19. The molecule has 0 fully saturated rings. The minimum absolute atomic E-state index is 0. The van der Waals surface area contributed by atoms with Gasteiger partial charge in [-0.2, -0.15) is 23.5 Å². The van der Waals surface area contributed by atoms with Gasteiger partial charge < -0.3 is 74.2 Å². The molecule has 0 saturated heterocycles. The van der Waals surface area contributed by atoms with Crippen LogP contribution < -0.4 is 44.0 Å². The van der Waals surface area contributed by atoms with E-state index in [0.717, 1.165) is 0 Å². The van der Waals surface area contributed by atoms with Crippen LogP contribution in [-0.4, -0.2) is 85.9 Å². The Morgan fingerprint density at radius 2 is 0.364 bits per heavy atom. The van der Waals surface area contributed by atoms with Crippen molar-refractivity contribution in [2.45, 2.75) is 0 Å². The quantitative estimate of drug-likeness (QED) is 0.247. The maximum absolute atomic E-state index is 8.55. The van der Waals surface area contributed by atoms with Crippen molar-refractivity contribution >= 4 is 92.9 Å². The second-order valence-electron chi connectivity index (χ2n) is 1.34. The molecule has 0 heterocycles. The average molecular weight is 444 g/mol. The molecule has 0 aromatic rings. The van der Waals surface area contributed by atoms with Gasteiger partial charge in [0, 0.05) is 0 Å². The molecule has 0 aliphatic rings. The van der Waals surface area contributed by atoms with Gasteiger partial charge in [0.25, 0.3) is 0 Å². The average Bonchev–Trinajstić information content (AvgIpc) is 1.41. The van der Waals surface area contributed by atoms with Crippen LogP contribution >= 0.6 is 23.5 Å². The molecular weight excluding hydrogens is 441 g/mol. The van der Waals surface area contributed by atoms with Gasteiger partial charge in [-0.15, -0.1) is 0 Å². The Labute approximate surface area is 166 Å². The monoisotopic (exact) mass is 444 g/mol. The first-order chi connectivity index (χ1) is 6.00. The zero-order chi connectivity index (χ0) is 13.5. The van der Waals surface area contributed by atoms with Gasteiger partial charge in [0.05, 0.1) is 0 Å². The van der Waals surface area contributed by atoms with Crippen LogP contribution in [0.25, 0.3) is 0 Å². The van der Waals surface area contributed by atoms with Crippen molar-refractivity contribution in [1.29, 1.82) is 0 Å². The Kier molecular flexibility index (Phi) is 82.5. The molecule has 15 nitrogen and oxygen atoms in total. The standard InChI is InChI=1S/4Al.3H3O4P.3H2O/c;;;;3*1-5(2,3)4;;;/h;;;;3*(H3,1,2,3,4);3*1H2/q4*+3;;;;;;/p-12. The van der Waals surface area contributed by atoms with E-state index in [1.807, 2.05) is 0 Å². The first-order valence-corrected chi connectivity index (χ1v) is 6.57. The first kappa shape index (κ1) is 64.5.